The Morgan fingerprint density at radius 2 is 1.88 bits per heavy atom. The number of carbonyl (C=O) groups excluding carboxylic acids is 1. The van der Waals surface area contributed by atoms with E-state index in [9.17, 15) is 4.79 Å². The second-order valence-electron chi connectivity index (χ2n) is 11.4. The number of likely N-dealkylation sites (tertiary alicyclic amines) is 1. The molecule has 4 heterocycles. The average molecular weight is 597 g/mol. The predicted octanol–water partition coefficient (Wildman–Crippen LogP) is 7.78. The summed E-state index contributed by atoms with van der Waals surface area (Å²) in [5, 5.41) is 8.61. The van der Waals surface area contributed by atoms with Crippen molar-refractivity contribution in [3.63, 3.8) is 0 Å². The van der Waals surface area contributed by atoms with Crippen LogP contribution in [0.5, 0.6) is 11.5 Å². The Morgan fingerprint density at radius 1 is 1.07 bits per heavy atom. The predicted molar refractivity (Wildman–Crippen MR) is 177 cm³/mol. The van der Waals surface area contributed by atoms with Gasteiger partial charge >= 0.3 is 0 Å². The van der Waals surface area contributed by atoms with Gasteiger partial charge in [-0.3, -0.25) is 14.7 Å². The van der Waals surface area contributed by atoms with Crippen LogP contribution < -0.4 is 15.4 Å². The lowest BCUT2D eigenvalue weighted by atomic mass is 9.98. The topological polar surface area (TPSA) is 84.3 Å². The highest BCUT2D eigenvalue weighted by Gasteiger charge is 2.24. The number of nitrogens with zero attached hydrogens (tertiary/aromatic N) is 4. The van der Waals surface area contributed by atoms with Crippen LogP contribution in [0.15, 0.2) is 72.2 Å². The molecule has 0 radical (unpaired) electrons. The van der Waals surface area contributed by atoms with Crippen LogP contribution in [0.1, 0.15) is 50.6 Å². The van der Waals surface area contributed by atoms with Crippen molar-refractivity contribution in [3.05, 3.63) is 83.5 Å². The molecule has 0 bridgehead atoms. The quantitative estimate of drug-likeness (QED) is 0.181. The number of imidazole rings is 1. The van der Waals surface area contributed by atoms with E-state index in [1.807, 2.05) is 29.8 Å². The van der Waals surface area contributed by atoms with Gasteiger partial charge in [0, 0.05) is 62.5 Å². The van der Waals surface area contributed by atoms with Crippen LogP contribution in [0, 0.1) is 6.92 Å². The first-order chi connectivity index (χ1) is 20.9. The SMILES string of the molecule is Cc1ccc(Nc2nc3cc(Oc4ccnc(C(=O)NCCN5C(C)CCCC5C)c4)ccc3n2C)cc1-c1cccs1.[HH]. The molecule has 1 amide bonds. The molecule has 6 rings (SSSR count). The summed E-state index contributed by atoms with van der Waals surface area (Å²) in [6.07, 6.45) is 5.31. The number of ether oxygens (including phenoxy) is 1. The Hall–Kier alpha value is -4.21. The summed E-state index contributed by atoms with van der Waals surface area (Å²) in [4.78, 5) is 25.7. The zero-order valence-electron chi connectivity index (χ0n) is 25.1. The molecule has 2 N–H and O–H groups in total. The number of nitrogens with one attached hydrogen (secondary N) is 2. The van der Waals surface area contributed by atoms with Crippen molar-refractivity contribution in [2.45, 2.75) is 52.1 Å². The summed E-state index contributed by atoms with van der Waals surface area (Å²) in [6, 6.07) is 20.9. The molecular weight excluding hydrogens is 556 g/mol. The molecule has 0 spiro atoms. The van der Waals surface area contributed by atoms with Gasteiger partial charge in [0.1, 0.15) is 17.2 Å². The van der Waals surface area contributed by atoms with E-state index in [1.54, 1.807) is 29.7 Å². The molecule has 9 heteroatoms. The maximum atomic E-state index is 12.9. The van der Waals surface area contributed by atoms with Crippen LogP contribution in [0.4, 0.5) is 11.6 Å². The lowest BCUT2D eigenvalue weighted by Crippen LogP contribution is -2.47. The third-order valence-corrected chi connectivity index (χ3v) is 9.27. The summed E-state index contributed by atoms with van der Waals surface area (Å²) in [5.74, 6) is 1.73. The first-order valence-corrected chi connectivity index (χ1v) is 15.8. The van der Waals surface area contributed by atoms with E-state index < -0.39 is 0 Å². The molecule has 8 nitrogen and oxygen atoms in total. The smallest absolute Gasteiger partial charge is 0.270 e. The van der Waals surface area contributed by atoms with Crippen molar-refractivity contribution in [2.24, 2.45) is 7.05 Å². The fraction of sp³-hybridized carbons (Fsp3) is 0.324. The minimum Gasteiger partial charge on any atom is -0.457 e. The zero-order valence-corrected chi connectivity index (χ0v) is 25.9. The number of aromatic nitrogens is 3. The van der Waals surface area contributed by atoms with E-state index in [2.05, 4.69) is 77.0 Å². The number of amides is 1. The molecule has 1 saturated heterocycles. The number of hydrogen-bond donors (Lipinski definition) is 2. The summed E-state index contributed by atoms with van der Waals surface area (Å²) < 4.78 is 8.18. The molecule has 1 aliphatic rings. The van der Waals surface area contributed by atoms with E-state index in [4.69, 9.17) is 9.72 Å². The molecule has 2 atom stereocenters. The number of rotatable bonds is 9. The van der Waals surface area contributed by atoms with Gasteiger partial charge in [-0.2, -0.15) is 0 Å². The van der Waals surface area contributed by atoms with E-state index in [0.29, 0.717) is 35.8 Å². The number of fused-ring (bicyclic) bond motifs is 1. The Kier molecular flexibility index (Phi) is 8.44. The lowest BCUT2D eigenvalue weighted by molar-refractivity contribution is 0.0885. The van der Waals surface area contributed by atoms with Gasteiger partial charge in [0.05, 0.1) is 11.0 Å². The minimum atomic E-state index is -0.197. The van der Waals surface area contributed by atoms with Gasteiger partial charge in [-0.25, -0.2) is 4.98 Å². The average Bonchev–Trinajstić information content (AvgIpc) is 3.64. The first-order valence-electron chi connectivity index (χ1n) is 14.9. The van der Waals surface area contributed by atoms with Gasteiger partial charge in [0.25, 0.3) is 5.91 Å². The molecule has 2 unspecified atom stereocenters. The Morgan fingerprint density at radius 3 is 2.67 bits per heavy atom. The monoisotopic (exact) mass is 596 g/mol. The first kappa shape index (κ1) is 28.9. The van der Waals surface area contributed by atoms with Gasteiger partial charge in [0.15, 0.2) is 0 Å². The van der Waals surface area contributed by atoms with Crippen molar-refractivity contribution in [1.29, 1.82) is 0 Å². The minimum absolute atomic E-state index is 0. The van der Waals surface area contributed by atoms with Crippen LogP contribution in [0.25, 0.3) is 21.5 Å². The molecular formula is C34H40N6O2S. The third-order valence-electron chi connectivity index (χ3n) is 8.36. The van der Waals surface area contributed by atoms with Gasteiger partial charge in [-0.1, -0.05) is 18.6 Å². The molecule has 0 aliphatic carbocycles. The van der Waals surface area contributed by atoms with Crippen LogP contribution in [-0.4, -0.2) is 50.5 Å². The van der Waals surface area contributed by atoms with Crippen LogP contribution in [-0.2, 0) is 7.05 Å². The highest BCUT2D eigenvalue weighted by Crippen LogP contribution is 2.32. The maximum Gasteiger partial charge on any atom is 0.270 e. The van der Waals surface area contributed by atoms with Crippen molar-refractivity contribution >= 4 is 39.9 Å². The number of pyridine rings is 1. The largest absolute Gasteiger partial charge is 0.457 e. The third kappa shape index (κ3) is 6.43. The molecule has 0 saturated carbocycles. The van der Waals surface area contributed by atoms with Crippen molar-refractivity contribution in [2.75, 3.05) is 18.4 Å². The number of piperidine rings is 1. The van der Waals surface area contributed by atoms with Crippen molar-refractivity contribution in [3.8, 4) is 21.9 Å². The van der Waals surface area contributed by atoms with E-state index in [1.165, 1.54) is 35.3 Å². The number of anilines is 2. The Balaban J connectivity index is 0.00000384. The molecule has 5 aromatic rings. The second-order valence-corrected chi connectivity index (χ2v) is 12.3. The standard InChI is InChI=1S/C34H38N6O2S.H2/c1-22-10-11-25(19-28(22)32-9-6-18-43-32)37-34-38-29-20-26(12-13-31(29)39(34)4)42-27-14-15-35-30(21-27)33(41)36-16-17-40-23(2)7-5-8-24(40)3;/h6,9-15,18-21,23-24H,5,7-8,16-17H2,1-4H3,(H,36,41)(H,37,38);1H. The highest BCUT2D eigenvalue weighted by molar-refractivity contribution is 7.13. The van der Waals surface area contributed by atoms with Gasteiger partial charge in [-0.15, -0.1) is 11.3 Å². The van der Waals surface area contributed by atoms with Crippen LogP contribution in [0.2, 0.25) is 0 Å². The Bertz CT molecular complexity index is 1730. The molecule has 43 heavy (non-hydrogen) atoms. The van der Waals surface area contributed by atoms with Crippen LogP contribution in [0.3, 0.4) is 0 Å². The number of aryl methyl sites for hydroxylation is 2. The van der Waals surface area contributed by atoms with Crippen molar-refractivity contribution < 1.29 is 11.0 Å². The van der Waals surface area contributed by atoms with Crippen molar-refractivity contribution in [1.82, 2.24) is 24.8 Å². The Labute approximate surface area is 258 Å². The summed E-state index contributed by atoms with van der Waals surface area (Å²) >= 11 is 1.74. The van der Waals surface area contributed by atoms with E-state index >= 15 is 0 Å². The molecule has 3 aromatic heterocycles. The van der Waals surface area contributed by atoms with E-state index in [-0.39, 0.29) is 7.33 Å². The number of benzene rings is 2. The summed E-state index contributed by atoms with van der Waals surface area (Å²) in [5.41, 5.74) is 5.55. The number of thiophene rings is 1. The highest BCUT2D eigenvalue weighted by atomic mass is 32.1. The molecule has 1 fully saturated rings. The fourth-order valence-electron chi connectivity index (χ4n) is 5.92. The zero-order chi connectivity index (χ0) is 29.9. The second kappa shape index (κ2) is 12.6. The number of hydrogen-bond acceptors (Lipinski definition) is 7. The summed E-state index contributed by atoms with van der Waals surface area (Å²) in [7, 11) is 1.99. The molecule has 1 aliphatic heterocycles. The lowest BCUT2D eigenvalue weighted by Gasteiger charge is -2.39. The fourth-order valence-corrected chi connectivity index (χ4v) is 6.73. The van der Waals surface area contributed by atoms with Gasteiger partial charge in [-0.05, 0) is 86.5 Å². The maximum absolute atomic E-state index is 12.9. The van der Waals surface area contributed by atoms with E-state index in [0.717, 1.165) is 29.2 Å². The van der Waals surface area contributed by atoms with Crippen LogP contribution >= 0.6 is 11.3 Å². The summed E-state index contributed by atoms with van der Waals surface area (Å²) in [6.45, 7) is 8.09. The van der Waals surface area contributed by atoms with Gasteiger partial charge < -0.3 is 19.9 Å². The molecule has 224 valence electrons. The molecule has 2 aromatic carbocycles. The number of carbonyl (C=O) groups is 1. The van der Waals surface area contributed by atoms with Gasteiger partial charge in [0.2, 0.25) is 5.95 Å². The normalized spacial score (nSPS) is 17.2.